The molecule has 1 heterocycles. The normalized spacial score (nSPS) is 11.4. The van der Waals surface area contributed by atoms with Gasteiger partial charge in [0.05, 0.1) is 12.1 Å². The number of nitrogens with zero attached hydrogens (tertiary/aromatic N) is 1. The number of fused-ring (bicyclic) bond motifs is 3. The molecule has 27 heavy (non-hydrogen) atoms. The van der Waals surface area contributed by atoms with E-state index in [-0.39, 0.29) is 6.61 Å². The van der Waals surface area contributed by atoms with E-state index >= 15 is 0 Å². The Morgan fingerprint density at radius 3 is 2.59 bits per heavy atom. The van der Waals surface area contributed by atoms with Crippen LogP contribution in [0.2, 0.25) is 0 Å². The van der Waals surface area contributed by atoms with Crippen molar-refractivity contribution in [3.63, 3.8) is 0 Å². The lowest BCUT2D eigenvalue weighted by molar-refractivity contribution is 0.100. The first-order valence-electron chi connectivity index (χ1n) is 9.00. The lowest BCUT2D eigenvalue weighted by Crippen LogP contribution is -2.11. The Bertz CT molecular complexity index is 1190. The van der Waals surface area contributed by atoms with Crippen LogP contribution in [0.3, 0.4) is 0 Å². The summed E-state index contributed by atoms with van der Waals surface area (Å²) in [6, 6.07) is 17.9. The van der Waals surface area contributed by atoms with E-state index in [0.29, 0.717) is 12.1 Å². The van der Waals surface area contributed by atoms with E-state index in [9.17, 15) is 9.90 Å². The Kier molecular flexibility index (Phi) is 4.21. The summed E-state index contributed by atoms with van der Waals surface area (Å²) in [5.74, 6) is -0.433. The maximum absolute atomic E-state index is 12.0. The van der Waals surface area contributed by atoms with Gasteiger partial charge < -0.3 is 15.4 Å². The molecule has 1 amide bonds. The van der Waals surface area contributed by atoms with Gasteiger partial charge in [-0.15, -0.1) is 0 Å². The molecule has 0 aliphatic heterocycles. The van der Waals surface area contributed by atoms with Crippen LogP contribution in [0.1, 0.15) is 32.6 Å². The van der Waals surface area contributed by atoms with E-state index in [1.807, 2.05) is 30.3 Å². The van der Waals surface area contributed by atoms with Crippen LogP contribution in [0.5, 0.6) is 0 Å². The highest BCUT2D eigenvalue weighted by atomic mass is 16.3. The number of aromatic nitrogens is 1. The summed E-state index contributed by atoms with van der Waals surface area (Å²) in [5, 5.41) is 11.4. The lowest BCUT2D eigenvalue weighted by Gasteiger charge is -2.12. The fourth-order valence-electron chi connectivity index (χ4n) is 3.80. The minimum absolute atomic E-state index is 0.0242. The second-order valence-corrected chi connectivity index (χ2v) is 7.09. The van der Waals surface area contributed by atoms with Crippen LogP contribution in [0.25, 0.3) is 21.8 Å². The molecule has 4 rings (SSSR count). The van der Waals surface area contributed by atoms with Gasteiger partial charge in [0.2, 0.25) is 5.91 Å². The number of carbonyl (C=O) groups is 1. The van der Waals surface area contributed by atoms with Crippen molar-refractivity contribution in [2.24, 2.45) is 5.73 Å². The fourth-order valence-corrected chi connectivity index (χ4v) is 3.80. The number of aryl methyl sites for hydroxylation is 2. The third-order valence-electron chi connectivity index (χ3n) is 5.24. The first kappa shape index (κ1) is 17.3. The quantitative estimate of drug-likeness (QED) is 0.578. The summed E-state index contributed by atoms with van der Waals surface area (Å²) in [4.78, 5) is 12.0. The number of aliphatic hydroxyl groups is 1. The van der Waals surface area contributed by atoms with Gasteiger partial charge in [0, 0.05) is 28.4 Å². The standard InChI is InChI=1S/C23H22N2O2/c1-14-6-7-15(2)17(10-14)12-25-20-5-3-4-19(23(24)27)22(20)18-9-8-16(13-26)11-21(18)25/h3-11,26H,12-13H2,1-2H3,(H2,24,27). The van der Waals surface area contributed by atoms with E-state index < -0.39 is 5.91 Å². The Morgan fingerprint density at radius 1 is 1.04 bits per heavy atom. The Labute approximate surface area is 157 Å². The van der Waals surface area contributed by atoms with Crippen LogP contribution < -0.4 is 5.73 Å². The van der Waals surface area contributed by atoms with Gasteiger partial charge in [-0.1, -0.05) is 42.0 Å². The van der Waals surface area contributed by atoms with Crippen molar-refractivity contribution in [2.45, 2.75) is 27.0 Å². The maximum atomic E-state index is 12.0. The molecule has 0 saturated carbocycles. The molecule has 4 aromatic rings. The molecule has 136 valence electrons. The van der Waals surface area contributed by atoms with Crippen LogP contribution in [0.15, 0.2) is 54.6 Å². The van der Waals surface area contributed by atoms with Gasteiger partial charge in [-0.3, -0.25) is 4.79 Å². The van der Waals surface area contributed by atoms with Crippen LogP contribution in [-0.2, 0) is 13.2 Å². The second-order valence-electron chi connectivity index (χ2n) is 7.09. The molecule has 1 aromatic heterocycles. The van der Waals surface area contributed by atoms with Gasteiger partial charge in [-0.2, -0.15) is 0 Å². The third kappa shape index (κ3) is 2.88. The SMILES string of the molecule is Cc1ccc(C)c(Cn2c3cc(CO)ccc3c3c(C(N)=O)cccc32)c1. The summed E-state index contributed by atoms with van der Waals surface area (Å²) in [5.41, 5.74) is 12.6. The van der Waals surface area contributed by atoms with E-state index in [1.54, 1.807) is 6.07 Å². The van der Waals surface area contributed by atoms with Crippen molar-refractivity contribution in [1.29, 1.82) is 0 Å². The number of aliphatic hydroxyl groups excluding tert-OH is 1. The summed E-state index contributed by atoms with van der Waals surface area (Å²) < 4.78 is 2.21. The summed E-state index contributed by atoms with van der Waals surface area (Å²) in [6.07, 6.45) is 0. The fraction of sp³-hybridized carbons (Fsp3) is 0.174. The van der Waals surface area contributed by atoms with Crippen molar-refractivity contribution in [3.8, 4) is 0 Å². The summed E-state index contributed by atoms with van der Waals surface area (Å²) in [6.45, 7) is 4.86. The first-order valence-corrected chi connectivity index (χ1v) is 9.00. The van der Waals surface area contributed by atoms with Crippen LogP contribution in [0.4, 0.5) is 0 Å². The highest BCUT2D eigenvalue weighted by Gasteiger charge is 2.17. The largest absolute Gasteiger partial charge is 0.392 e. The second kappa shape index (κ2) is 6.56. The molecule has 0 bridgehead atoms. The monoisotopic (exact) mass is 358 g/mol. The molecule has 0 atom stereocenters. The van der Waals surface area contributed by atoms with Crippen molar-refractivity contribution >= 4 is 27.7 Å². The molecule has 0 unspecified atom stereocenters. The van der Waals surface area contributed by atoms with Gasteiger partial charge in [0.25, 0.3) is 0 Å². The van der Waals surface area contributed by atoms with Crippen molar-refractivity contribution in [1.82, 2.24) is 4.57 Å². The number of carbonyl (C=O) groups excluding carboxylic acids is 1. The van der Waals surface area contributed by atoms with E-state index in [0.717, 1.165) is 27.4 Å². The highest BCUT2D eigenvalue weighted by Crippen LogP contribution is 2.33. The number of hydrogen-bond donors (Lipinski definition) is 2. The van der Waals surface area contributed by atoms with Gasteiger partial charge in [-0.25, -0.2) is 0 Å². The topological polar surface area (TPSA) is 68.2 Å². The summed E-state index contributed by atoms with van der Waals surface area (Å²) in [7, 11) is 0. The van der Waals surface area contributed by atoms with Crippen LogP contribution in [-0.4, -0.2) is 15.6 Å². The zero-order valence-electron chi connectivity index (χ0n) is 15.5. The average molecular weight is 358 g/mol. The van der Waals surface area contributed by atoms with Gasteiger partial charge in [0.15, 0.2) is 0 Å². The van der Waals surface area contributed by atoms with Crippen molar-refractivity contribution < 1.29 is 9.90 Å². The minimum Gasteiger partial charge on any atom is -0.392 e. The van der Waals surface area contributed by atoms with Gasteiger partial charge in [-0.05, 0) is 48.7 Å². The zero-order valence-corrected chi connectivity index (χ0v) is 15.5. The van der Waals surface area contributed by atoms with Gasteiger partial charge >= 0.3 is 0 Å². The molecule has 0 aliphatic rings. The molecule has 3 aromatic carbocycles. The molecule has 0 fully saturated rings. The number of amides is 1. The first-order chi connectivity index (χ1) is 13.0. The van der Waals surface area contributed by atoms with E-state index in [4.69, 9.17) is 5.73 Å². The third-order valence-corrected chi connectivity index (χ3v) is 5.24. The summed E-state index contributed by atoms with van der Waals surface area (Å²) >= 11 is 0. The van der Waals surface area contributed by atoms with Crippen molar-refractivity contribution in [3.05, 3.63) is 82.4 Å². The number of rotatable bonds is 4. The predicted molar refractivity (Wildman–Crippen MR) is 109 cm³/mol. The number of hydrogen-bond acceptors (Lipinski definition) is 2. The molecule has 4 heteroatoms. The number of benzene rings is 3. The molecular formula is C23H22N2O2. The highest BCUT2D eigenvalue weighted by molar-refractivity contribution is 6.17. The van der Waals surface area contributed by atoms with E-state index in [2.05, 4.69) is 36.6 Å². The smallest absolute Gasteiger partial charge is 0.249 e. The Morgan fingerprint density at radius 2 is 1.85 bits per heavy atom. The molecule has 0 spiro atoms. The Balaban J connectivity index is 2.06. The molecule has 0 radical (unpaired) electrons. The molecule has 0 saturated heterocycles. The van der Waals surface area contributed by atoms with Crippen LogP contribution >= 0.6 is 0 Å². The maximum Gasteiger partial charge on any atom is 0.249 e. The molecular weight excluding hydrogens is 336 g/mol. The zero-order chi connectivity index (χ0) is 19.1. The predicted octanol–water partition coefficient (Wildman–Crippen LogP) is 4.05. The van der Waals surface area contributed by atoms with Crippen LogP contribution in [0, 0.1) is 13.8 Å². The Hall–Kier alpha value is -3.11. The van der Waals surface area contributed by atoms with Crippen molar-refractivity contribution in [2.75, 3.05) is 0 Å². The minimum atomic E-state index is -0.433. The average Bonchev–Trinajstić information content (AvgIpc) is 2.97. The molecule has 4 nitrogen and oxygen atoms in total. The van der Waals surface area contributed by atoms with E-state index in [1.165, 1.54) is 16.7 Å². The molecule has 3 N–H and O–H groups in total. The lowest BCUT2D eigenvalue weighted by atomic mass is 10.0. The number of primary amides is 1. The molecule has 0 aliphatic carbocycles. The van der Waals surface area contributed by atoms with Gasteiger partial charge in [0.1, 0.15) is 0 Å². The number of nitrogens with two attached hydrogens (primary N) is 1.